The molecule has 1 N–H and O–H groups in total. The molecule has 5 heteroatoms. The Hall–Kier alpha value is -2.92. The molecule has 0 unspecified atom stereocenters. The van der Waals surface area contributed by atoms with Crippen molar-refractivity contribution < 1.29 is 13.6 Å². The average Bonchev–Trinajstić information content (AvgIpc) is 3.13. The first-order valence-electron chi connectivity index (χ1n) is 8.48. The highest BCUT2D eigenvalue weighted by Crippen LogP contribution is 2.22. The minimum atomic E-state index is -0.308. The van der Waals surface area contributed by atoms with Gasteiger partial charge in [0, 0.05) is 25.2 Å². The van der Waals surface area contributed by atoms with Gasteiger partial charge in [0.1, 0.15) is 11.6 Å². The summed E-state index contributed by atoms with van der Waals surface area (Å²) in [5.74, 6) is 0.218. The van der Waals surface area contributed by atoms with Crippen molar-refractivity contribution in [2.75, 3.05) is 20.1 Å². The number of benzene rings is 2. The maximum Gasteiger partial charge on any atom is 0.287 e. The summed E-state index contributed by atoms with van der Waals surface area (Å²) in [6, 6.07) is 19.5. The van der Waals surface area contributed by atoms with Gasteiger partial charge >= 0.3 is 0 Å². The van der Waals surface area contributed by atoms with Gasteiger partial charge in [0.25, 0.3) is 5.91 Å². The Labute approximate surface area is 152 Å². The molecule has 0 bridgehead atoms. The van der Waals surface area contributed by atoms with E-state index in [4.69, 9.17) is 4.42 Å². The summed E-state index contributed by atoms with van der Waals surface area (Å²) in [5.41, 5.74) is 1.96. The maximum atomic E-state index is 13.0. The zero-order chi connectivity index (χ0) is 18.4. The third-order valence-corrected chi connectivity index (χ3v) is 4.03. The van der Waals surface area contributed by atoms with Crippen LogP contribution in [0.4, 0.5) is 4.39 Å². The molecule has 0 aliphatic heterocycles. The Morgan fingerprint density at radius 3 is 2.50 bits per heavy atom. The Morgan fingerprint density at radius 2 is 1.77 bits per heavy atom. The van der Waals surface area contributed by atoms with Gasteiger partial charge in [-0.15, -0.1) is 0 Å². The van der Waals surface area contributed by atoms with Crippen LogP contribution in [0, 0.1) is 5.82 Å². The Balaban J connectivity index is 1.48. The van der Waals surface area contributed by atoms with E-state index < -0.39 is 0 Å². The predicted octanol–water partition coefficient (Wildman–Crippen LogP) is 3.95. The Bertz CT molecular complexity index is 844. The van der Waals surface area contributed by atoms with E-state index in [0.717, 1.165) is 18.7 Å². The number of nitrogens with zero attached hydrogens (tertiary/aromatic N) is 1. The smallest absolute Gasteiger partial charge is 0.287 e. The highest BCUT2D eigenvalue weighted by molar-refractivity contribution is 5.92. The molecule has 3 rings (SSSR count). The van der Waals surface area contributed by atoms with E-state index in [1.807, 2.05) is 25.2 Å². The summed E-state index contributed by atoms with van der Waals surface area (Å²) in [7, 11) is 2.01. The SMILES string of the molecule is CN(CCNC(=O)c1ccc(-c2ccc(F)cc2)o1)Cc1ccccc1. The van der Waals surface area contributed by atoms with E-state index >= 15 is 0 Å². The summed E-state index contributed by atoms with van der Waals surface area (Å²) in [6.45, 7) is 2.08. The lowest BCUT2D eigenvalue weighted by Crippen LogP contribution is -2.32. The summed E-state index contributed by atoms with van der Waals surface area (Å²) in [5, 5.41) is 2.86. The molecule has 0 saturated carbocycles. The van der Waals surface area contributed by atoms with Gasteiger partial charge in [-0.1, -0.05) is 30.3 Å². The molecule has 1 heterocycles. The van der Waals surface area contributed by atoms with Gasteiger partial charge in [0.05, 0.1) is 0 Å². The normalized spacial score (nSPS) is 10.9. The molecule has 0 saturated heterocycles. The van der Waals surface area contributed by atoms with Crippen molar-refractivity contribution in [3.8, 4) is 11.3 Å². The molecule has 0 atom stereocenters. The van der Waals surface area contributed by atoms with Gasteiger partial charge in [-0.3, -0.25) is 4.79 Å². The molecule has 134 valence electrons. The molecule has 0 radical (unpaired) electrons. The van der Waals surface area contributed by atoms with Crippen LogP contribution < -0.4 is 5.32 Å². The number of likely N-dealkylation sites (N-methyl/N-ethyl adjacent to an activating group) is 1. The maximum absolute atomic E-state index is 13.0. The third kappa shape index (κ3) is 4.80. The van der Waals surface area contributed by atoms with E-state index in [0.29, 0.717) is 12.3 Å². The molecule has 1 aromatic heterocycles. The van der Waals surface area contributed by atoms with Crippen LogP contribution in [0.25, 0.3) is 11.3 Å². The first-order chi connectivity index (χ1) is 12.6. The summed E-state index contributed by atoms with van der Waals surface area (Å²) in [6.07, 6.45) is 0. The quantitative estimate of drug-likeness (QED) is 0.700. The van der Waals surface area contributed by atoms with Crippen molar-refractivity contribution in [3.63, 3.8) is 0 Å². The number of rotatable bonds is 7. The van der Waals surface area contributed by atoms with Gasteiger partial charge in [0.2, 0.25) is 0 Å². The van der Waals surface area contributed by atoms with Crippen molar-refractivity contribution in [2.24, 2.45) is 0 Å². The fourth-order valence-electron chi connectivity index (χ4n) is 2.65. The highest BCUT2D eigenvalue weighted by atomic mass is 19.1. The van der Waals surface area contributed by atoms with Crippen LogP contribution in [0.15, 0.2) is 71.1 Å². The van der Waals surface area contributed by atoms with E-state index in [1.54, 1.807) is 24.3 Å². The van der Waals surface area contributed by atoms with E-state index in [1.165, 1.54) is 17.7 Å². The fourth-order valence-corrected chi connectivity index (χ4v) is 2.65. The second-order valence-electron chi connectivity index (χ2n) is 6.15. The van der Waals surface area contributed by atoms with Gasteiger partial charge in [-0.2, -0.15) is 0 Å². The average molecular weight is 352 g/mol. The number of amides is 1. The van der Waals surface area contributed by atoms with Crippen LogP contribution in [-0.4, -0.2) is 30.9 Å². The molecule has 3 aromatic rings. The monoisotopic (exact) mass is 352 g/mol. The molecule has 1 amide bonds. The number of halogens is 1. The van der Waals surface area contributed by atoms with Crippen molar-refractivity contribution in [2.45, 2.75) is 6.54 Å². The summed E-state index contributed by atoms with van der Waals surface area (Å²) in [4.78, 5) is 14.3. The molecule has 4 nitrogen and oxygen atoms in total. The molecular formula is C21H21FN2O2. The van der Waals surface area contributed by atoms with Gasteiger partial charge in [-0.25, -0.2) is 4.39 Å². The molecule has 0 spiro atoms. The van der Waals surface area contributed by atoms with Crippen LogP contribution in [0.2, 0.25) is 0 Å². The lowest BCUT2D eigenvalue weighted by Gasteiger charge is -2.16. The molecule has 26 heavy (non-hydrogen) atoms. The van der Waals surface area contributed by atoms with Gasteiger partial charge in [0.15, 0.2) is 5.76 Å². The van der Waals surface area contributed by atoms with Crippen LogP contribution in [-0.2, 0) is 6.54 Å². The van der Waals surface area contributed by atoms with E-state index in [9.17, 15) is 9.18 Å². The number of nitrogens with one attached hydrogen (secondary N) is 1. The minimum Gasteiger partial charge on any atom is -0.451 e. The number of carbonyl (C=O) groups excluding carboxylic acids is 1. The topological polar surface area (TPSA) is 45.5 Å². The largest absolute Gasteiger partial charge is 0.451 e. The van der Waals surface area contributed by atoms with Crippen molar-refractivity contribution in [3.05, 3.63) is 83.9 Å². The van der Waals surface area contributed by atoms with E-state index in [2.05, 4.69) is 22.3 Å². The minimum absolute atomic E-state index is 0.245. The van der Waals surface area contributed by atoms with Gasteiger partial charge < -0.3 is 14.6 Å². The number of hydrogen-bond acceptors (Lipinski definition) is 3. The summed E-state index contributed by atoms with van der Waals surface area (Å²) >= 11 is 0. The predicted molar refractivity (Wildman–Crippen MR) is 99.2 cm³/mol. The Morgan fingerprint density at radius 1 is 1.04 bits per heavy atom. The van der Waals surface area contributed by atoms with E-state index in [-0.39, 0.29) is 17.5 Å². The van der Waals surface area contributed by atoms with Crippen LogP contribution in [0.1, 0.15) is 16.1 Å². The van der Waals surface area contributed by atoms with Crippen molar-refractivity contribution in [1.29, 1.82) is 0 Å². The molecule has 0 fully saturated rings. The van der Waals surface area contributed by atoms with Crippen LogP contribution >= 0.6 is 0 Å². The van der Waals surface area contributed by atoms with Crippen LogP contribution in [0.5, 0.6) is 0 Å². The zero-order valence-corrected chi connectivity index (χ0v) is 14.6. The molecule has 0 aliphatic rings. The molecular weight excluding hydrogens is 331 g/mol. The third-order valence-electron chi connectivity index (χ3n) is 4.03. The van der Waals surface area contributed by atoms with Crippen molar-refractivity contribution in [1.82, 2.24) is 10.2 Å². The Kier molecular flexibility index (Phi) is 5.81. The van der Waals surface area contributed by atoms with Crippen LogP contribution in [0.3, 0.4) is 0 Å². The first kappa shape index (κ1) is 17.9. The lowest BCUT2D eigenvalue weighted by atomic mass is 10.2. The lowest BCUT2D eigenvalue weighted by molar-refractivity contribution is 0.0922. The standard InChI is InChI=1S/C21H21FN2O2/c1-24(15-16-5-3-2-4-6-16)14-13-23-21(25)20-12-11-19(26-20)17-7-9-18(22)10-8-17/h2-12H,13-15H2,1H3,(H,23,25). The highest BCUT2D eigenvalue weighted by Gasteiger charge is 2.12. The number of hydrogen-bond donors (Lipinski definition) is 1. The number of carbonyl (C=O) groups is 1. The van der Waals surface area contributed by atoms with Gasteiger partial charge in [-0.05, 0) is 49.0 Å². The van der Waals surface area contributed by atoms with Crippen molar-refractivity contribution >= 4 is 5.91 Å². The molecule has 2 aromatic carbocycles. The second-order valence-corrected chi connectivity index (χ2v) is 6.15. The fraction of sp³-hybridized carbons (Fsp3) is 0.190. The zero-order valence-electron chi connectivity index (χ0n) is 14.6. The second kappa shape index (κ2) is 8.45. The first-order valence-corrected chi connectivity index (χ1v) is 8.48. The molecule has 0 aliphatic carbocycles. The number of furan rings is 1. The summed E-state index contributed by atoms with van der Waals surface area (Å²) < 4.78 is 18.6.